The normalized spacial score (nSPS) is 12.0. The Balaban J connectivity index is 1.73. The Bertz CT molecular complexity index is 1270. The zero-order chi connectivity index (χ0) is 25.3. The van der Waals surface area contributed by atoms with Crippen molar-refractivity contribution in [3.8, 4) is 5.75 Å². The zero-order valence-electron chi connectivity index (χ0n) is 21.4. The molecule has 6 heteroatoms. The summed E-state index contributed by atoms with van der Waals surface area (Å²) < 4.78 is 7.55. The molecule has 0 aliphatic carbocycles. The van der Waals surface area contributed by atoms with Gasteiger partial charge in [-0.15, -0.1) is 11.8 Å². The van der Waals surface area contributed by atoms with E-state index in [-0.39, 0.29) is 11.9 Å². The van der Waals surface area contributed by atoms with Crippen LogP contribution < -0.4 is 10.1 Å². The van der Waals surface area contributed by atoms with Crippen molar-refractivity contribution >= 4 is 28.7 Å². The van der Waals surface area contributed by atoms with Crippen molar-refractivity contribution in [2.24, 2.45) is 0 Å². The molecule has 0 aliphatic heterocycles. The van der Waals surface area contributed by atoms with Crippen molar-refractivity contribution in [2.45, 2.75) is 57.0 Å². The first-order chi connectivity index (χ1) is 17.6. The molecule has 3 aromatic carbocycles. The largest absolute Gasteiger partial charge is 0.497 e. The Labute approximate surface area is 218 Å². The van der Waals surface area contributed by atoms with E-state index < -0.39 is 0 Å². The molecule has 1 aromatic heterocycles. The van der Waals surface area contributed by atoms with Gasteiger partial charge in [-0.3, -0.25) is 4.79 Å². The second-order valence-electron chi connectivity index (χ2n) is 8.92. The lowest BCUT2D eigenvalue weighted by molar-refractivity contribution is 0.0934. The molecule has 1 amide bonds. The number of imidazole rings is 1. The van der Waals surface area contributed by atoms with E-state index in [4.69, 9.17) is 9.72 Å². The van der Waals surface area contributed by atoms with Gasteiger partial charge in [0.15, 0.2) is 0 Å². The molecule has 1 atom stereocenters. The average molecular weight is 502 g/mol. The number of nitrogens with zero attached hydrogens (tertiary/aromatic N) is 2. The molecule has 0 aliphatic rings. The van der Waals surface area contributed by atoms with Gasteiger partial charge in [-0.05, 0) is 73.0 Å². The van der Waals surface area contributed by atoms with E-state index in [0.29, 0.717) is 12.0 Å². The molecule has 0 saturated heterocycles. The lowest BCUT2D eigenvalue weighted by atomic mass is 10.0. The van der Waals surface area contributed by atoms with Gasteiger partial charge >= 0.3 is 0 Å². The molecule has 1 N–H and O–H groups in total. The number of unbranched alkanes of at least 4 members (excludes halogenated alkanes) is 1. The SMILES string of the molecule is CCCCn1c(C(Cc2ccccc2)NC(=O)c2ccc(OC)cc2)nc2cc(SCCC)ccc21. The molecule has 0 saturated carbocycles. The third kappa shape index (κ3) is 6.30. The maximum Gasteiger partial charge on any atom is 0.251 e. The predicted molar refractivity (Wildman–Crippen MR) is 149 cm³/mol. The summed E-state index contributed by atoms with van der Waals surface area (Å²) >= 11 is 1.86. The van der Waals surface area contributed by atoms with Gasteiger partial charge in [0.1, 0.15) is 11.6 Å². The van der Waals surface area contributed by atoms with E-state index in [1.54, 1.807) is 19.2 Å². The summed E-state index contributed by atoms with van der Waals surface area (Å²) in [6.45, 7) is 5.27. The van der Waals surface area contributed by atoms with Crippen LogP contribution in [0.5, 0.6) is 5.75 Å². The molecule has 1 heterocycles. The molecule has 36 heavy (non-hydrogen) atoms. The number of aromatic nitrogens is 2. The van der Waals surface area contributed by atoms with Crippen molar-refractivity contribution in [1.29, 1.82) is 0 Å². The summed E-state index contributed by atoms with van der Waals surface area (Å²) in [6, 6.07) is 23.8. The van der Waals surface area contributed by atoms with Gasteiger partial charge in [0.2, 0.25) is 0 Å². The molecule has 0 spiro atoms. The third-order valence-electron chi connectivity index (χ3n) is 6.21. The van der Waals surface area contributed by atoms with Crippen LogP contribution in [-0.2, 0) is 13.0 Å². The highest BCUT2D eigenvalue weighted by Crippen LogP contribution is 2.29. The fourth-order valence-electron chi connectivity index (χ4n) is 4.30. The highest BCUT2D eigenvalue weighted by Gasteiger charge is 2.23. The summed E-state index contributed by atoms with van der Waals surface area (Å²) in [4.78, 5) is 19.7. The van der Waals surface area contributed by atoms with Gasteiger partial charge in [-0.2, -0.15) is 0 Å². The smallest absolute Gasteiger partial charge is 0.251 e. The summed E-state index contributed by atoms with van der Waals surface area (Å²) in [5, 5.41) is 3.29. The number of nitrogens with one attached hydrogen (secondary N) is 1. The van der Waals surface area contributed by atoms with E-state index in [1.807, 2.05) is 42.1 Å². The topological polar surface area (TPSA) is 56.2 Å². The van der Waals surface area contributed by atoms with Crippen LogP contribution in [0.15, 0.2) is 77.7 Å². The fraction of sp³-hybridized carbons (Fsp3) is 0.333. The molecule has 0 fully saturated rings. The van der Waals surface area contributed by atoms with Crippen LogP contribution in [0.3, 0.4) is 0 Å². The van der Waals surface area contributed by atoms with Crippen molar-refractivity contribution in [3.63, 3.8) is 0 Å². The lowest BCUT2D eigenvalue weighted by Gasteiger charge is -2.21. The predicted octanol–water partition coefficient (Wildman–Crippen LogP) is 7.06. The molecule has 188 valence electrons. The van der Waals surface area contributed by atoms with E-state index in [1.165, 1.54) is 4.90 Å². The number of fused-ring (bicyclic) bond motifs is 1. The van der Waals surface area contributed by atoms with Gasteiger partial charge < -0.3 is 14.6 Å². The van der Waals surface area contributed by atoms with Crippen molar-refractivity contribution in [1.82, 2.24) is 14.9 Å². The van der Waals surface area contributed by atoms with Crippen molar-refractivity contribution in [2.75, 3.05) is 12.9 Å². The number of ether oxygens (including phenoxy) is 1. The highest BCUT2D eigenvalue weighted by atomic mass is 32.2. The van der Waals surface area contributed by atoms with E-state index in [0.717, 1.165) is 59.7 Å². The number of rotatable bonds is 12. The van der Waals surface area contributed by atoms with Gasteiger partial charge in [0, 0.05) is 17.0 Å². The minimum Gasteiger partial charge on any atom is -0.497 e. The van der Waals surface area contributed by atoms with Gasteiger partial charge in [0.25, 0.3) is 5.91 Å². The number of amides is 1. The van der Waals surface area contributed by atoms with Gasteiger partial charge in [-0.25, -0.2) is 4.98 Å². The number of hydrogen-bond donors (Lipinski definition) is 1. The van der Waals surface area contributed by atoms with Gasteiger partial charge in [0.05, 0.1) is 24.2 Å². The fourth-order valence-corrected chi connectivity index (χ4v) is 5.09. The summed E-state index contributed by atoms with van der Waals surface area (Å²) in [7, 11) is 1.62. The summed E-state index contributed by atoms with van der Waals surface area (Å²) in [5.74, 6) is 2.60. The molecule has 5 nitrogen and oxygen atoms in total. The van der Waals surface area contributed by atoms with Gasteiger partial charge in [-0.1, -0.05) is 50.6 Å². The number of aryl methyl sites for hydroxylation is 1. The van der Waals surface area contributed by atoms with Crippen molar-refractivity contribution in [3.05, 3.63) is 89.7 Å². The quantitative estimate of drug-likeness (QED) is 0.211. The lowest BCUT2D eigenvalue weighted by Crippen LogP contribution is -2.32. The van der Waals surface area contributed by atoms with Crippen LogP contribution in [0.2, 0.25) is 0 Å². The molecule has 0 radical (unpaired) electrons. The first-order valence-corrected chi connectivity index (χ1v) is 13.7. The zero-order valence-corrected chi connectivity index (χ0v) is 22.2. The standard InChI is InChI=1S/C30H35N3O2S/c1-4-6-18-33-28-17-16-25(36-19-5-2)21-26(28)31-29(33)27(20-22-10-8-7-9-11-22)32-30(34)23-12-14-24(35-3)15-13-23/h7-17,21,27H,4-6,18-20H2,1-3H3,(H,32,34). The first-order valence-electron chi connectivity index (χ1n) is 12.7. The Morgan fingerprint density at radius 2 is 1.81 bits per heavy atom. The van der Waals surface area contributed by atoms with Crippen LogP contribution in [0.1, 0.15) is 60.9 Å². The van der Waals surface area contributed by atoms with E-state index in [9.17, 15) is 4.79 Å². The Morgan fingerprint density at radius 1 is 1.03 bits per heavy atom. The maximum absolute atomic E-state index is 13.3. The minimum absolute atomic E-state index is 0.119. The van der Waals surface area contributed by atoms with E-state index >= 15 is 0 Å². The molecule has 4 rings (SSSR count). The van der Waals surface area contributed by atoms with E-state index in [2.05, 4.69) is 54.1 Å². The Kier molecular flexibility index (Phi) is 9.06. The van der Waals surface area contributed by atoms with Crippen LogP contribution in [-0.4, -0.2) is 28.3 Å². The second kappa shape index (κ2) is 12.6. The molecular formula is C30H35N3O2S. The van der Waals surface area contributed by atoms with Crippen LogP contribution in [0.4, 0.5) is 0 Å². The monoisotopic (exact) mass is 501 g/mol. The van der Waals surface area contributed by atoms with Crippen LogP contribution >= 0.6 is 11.8 Å². The number of carbonyl (C=O) groups is 1. The number of hydrogen-bond acceptors (Lipinski definition) is 4. The summed E-state index contributed by atoms with van der Waals surface area (Å²) in [6.07, 6.45) is 3.94. The van der Waals surface area contributed by atoms with Crippen LogP contribution in [0.25, 0.3) is 11.0 Å². The Hall–Kier alpha value is -3.25. The molecule has 0 bridgehead atoms. The number of benzene rings is 3. The first kappa shape index (κ1) is 25.8. The number of methoxy groups -OCH3 is 1. The molecule has 1 unspecified atom stereocenters. The number of carbonyl (C=O) groups excluding carboxylic acids is 1. The van der Waals surface area contributed by atoms with Crippen LogP contribution in [0, 0.1) is 0 Å². The second-order valence-corrected chi connectivity index (χ2v) is 10.1. The minimum atomic E-state index is -0.266. The Morgan fingerprint density at radius 3 is 2.50 bits per heavy atom. The molecular weight excluding hydrogens is 466 g/mol. The average Bonchev–Trinajstić information content (AvgIpc) is 3.28. The molecule has 4 aromatic rings. The highest BCUT2D eigenvalue weighted by molar-refractivity contribution is 7.99. The van der Waals surface area contributed by atoms with Crippen molar-refractivity contribution < 1.29 is 9.53 Å². The summed E-state index contributed by atoms with van der Waals surface area (Å²) in [5.41, 5.74) is 3.86. The third-order valence-corrected chi connectivity index (χ3v) is 7.41. The maximum atomic E-state index is 13.3. The number of thioether (sulfide) groups is 1.